The third-order valence-electron chi connectivity index (χ3n) is 2.29. The largest absolute Gasteiger partial charge is 0.436 e. The molecule has 0 bridgehead atoms. The van der Waals surface area contributed by atoms with Crippen LogP contribution in [-0.4, -0.2) is 17.0 Å². The lowest BCUT2D eigenvalue weighted by Crippen LogP contribution is -1.98. The second-order valence-electron chi connectivity index (χ2n) is 3.63. The van der Waals surface area contributed by atoms with Crippen molar-refractivity contribution in [2.24, 2.45) is 0 Å². The highest BCUT2D eigenvalue weighted by Crippen LogP contribution is 2.35. The highest BCUT2D eigenvalue weighted by molar-refractivity contribution is 9.10. The van der Waals surface area contributed by atoms with Crippen molar-refractivity contribution in [3.05, 3.63) is 39.6 Å². The fourth-order valence-corrected chi connectivity index (χ4v) is 2.03. The van der Waals surface area contributed by atoms with Gasteiger partial charge >= 0.3 is 0 Å². The summed E-state index contributed by atoms with van der Waals surface area (Å²) in [6.07, 6.45) is 1.43. The molecule has 0 spiro atoms. The van der Waals surface area contributed by atoms with E-state index in [1.165, 1.54) is 6.33 Å². The molecule has 0 unspecified atom stereocenters. The first-order valence-electron chi connectivity index (χ1n) is 5.24. The molecule has 0 aliphatic carbocycles. The van der Waals surface area contributed by atoms with E-state index in [1.807, 2.05) is 19.1 Å². The maximum atomic E-state index is 6.07. The number of rotatable bonds is 3. The van der Waals surface area contributed by atoms with Crippen LogP contribution in [0.3, 0.4) is 0 Å². The van der Waals surface area contributed by atoms with Crippen LogP contribution in [0.15, 0.2) is 29.0 Å². The molecule has 94 valence electrons. The Morgan fingerprint density at radius 1 is 1.33 bits per heavy atom. The van der Waals surface area contributed by atoms with Crippen molar-refractivity contribution in [1.29, 1.82) is 0 Å². The highest BCUT2D eigenvalue weighted by atomic mass is 79.9. The van der Waals surface area contributed by atoms with Crippen LogP contribution in [0, 0.1) is 6.92 Å². The van der Waals surface area contributed by atoms with Crippen LogP contribution in [0.4, 0.5) is 5.82 Å². The normalized spacial score (nSPS) is 10.2. The monoisotopic (exact) mass is 327 g/mol. The molecule has 0 aliphatic heterocycles. The molecule has 1 N–H and O–H groups in total. The molecule has 6 heteroatoms. The minimum Gasteiger partial charge on any atom is -0.436 e. The van der Waals surface area contributed by atoms with Crippen molar-refractivity contribution in [3.63, 3.8) is 0 Å². The molecule has 0 amide bonds. The van der Waals surface area contributed by atoms with Gasteiger partial charge in [-0.1, -0.05) is 17.7 Å². The predicted molar refractivity (Wildman–Crippen MR) is 75.5 cm³/mol. The number of hydrogen-bond acceptors (Lipinski definition) is 4. The van der Waals surface area contributed by atoms with Gasteiger partial charge in [0.1, 0.15) is 22.4 Å². The SMILES string of the molecule is CNc1ncnc(Oc2cc(C)ccc2Cl)c1Br. The van der Waals surface area contributed by atoms with Crippen molar-refractivity contribution in [2.75, 3.05) is 12.4 Å². The number of benzene rings is 1. The number of nitrogens with zero attached hydrogens (tertiary/aromatic N) is 2. The van der Waals surface area contributed by atoms with Gasteiger partial charge in [-0.25, -0.2) is 9.97 Å². The Balaban J connectivity index is 2.37. The molecule has 2 aromatic rings. The van der Waals surface area contributed by atoms with Crippen molar-refractivity contribution in [1.82, 2.24) is 9.97 Å². The average molecular weight is 329 g/mol. The van der Waals surface area contributed by atoms with Crippen LogP contribution >= 0.6 is 27.5 Å². The zero-order chi connectivity index (χ0) is 13.1. The smallest absolute Gasteiger partial charge is 0.238 e. The topological polar surface area (TPSA) is 47.0 Å². The van der Waals surface area contributed by atoms with E-state index < -0.39 is 0 Å². The molecule has 1 aromatic carbocycles. The first-order valence-corrected chi connectivity index (χ1v) is 6.41. The van der Waals surface area contributed by atoms with E-state index in [0.717, 1.165) is 5.56 Å². The van der Waals surface area contributed by atoms with E-state index >= 15 is 0 Å². The lowest BCUT2D eigenvalue weighted by atomic mass is 10.2. The summed E-state index contributed by atoms with van der Waals surface area (Å²) in [5.74, 6) is 1.64. The third kappa shape index (κ3) is 2.73. The van der Waals surface area contributed by atoms with Gasteiger partial charge in [0.15, 0.2) is 0 Å². The lowest BCUT2D eigenvalue weighted by Gasteiger charge is -2.10. The molecule has 0 fully saturated rings. The molecular formula is C12H11BrClN3O. The fourth-order valence-electron chi connectivity index (χ4n) is 1.39. The summed E-state index contributed by atoms with van der Waals surface area (Å²) in [5.41, 5.74) is 1.06. The Bertz CT molecular complexity index is 577. The van der Waals surface area contributed by atoms with Crippen molar-refractivity contribution < 1.29 is 4.74 Å². The molecule has 0 atom stereocenters. The standard InChI is InChI=1S/C12H11BrClN3O/c1-7-3-4-8(14)9(5-7)18-12-10(13)11(15-2)16-6-17-12/h3-6H,1-2H3,(H,15,16,17). The van der Waals surface area contributed by atoms with E-state index in [4.69, 9.17) is 16.3 Å². The van der Waals surface area contributed by atoms with Gasteiger partial charge in [0.05, 0.1) is 5.02 Å². The Kier molecular flexibility index (Phi) is 4.04. The van der Waals surface area contributed by atoms with E-state index in [2.05, 4.69) is 31.2 Å². The van der Waals surface area contributed by atoms with Crippen molar-refractivity contribution in [2.45, 2.75) is 6.92 Å². The summed E-state index contributed by atoms with van der Waals surface area (Å²) in [7, 11) is 1.77. The molecule has 18 heavy (non-hydrogen) atoms. The number of ether oxygens (including phenoxy) is 1. The maximum Gasteiger partial charge on any atom is 0.238 e. The Morgan fingerprint density at radius 3 is 2.83 bits per heavy atom. The van der Waals surface area contributed by atoms with Crippen LogP contribution < -0.4 is 10.1 Å². The second-order valence-corrected chi connectivity index (χ2v) is 4.83. The van der Waals surface area contributed by atoms with Crippen LogP contribution in [0.1, 0.15) is 5.56 Å². The zero-order valence-corrected chi connectivity index (χ0v) is 12.2. The minimum atomic E-state index is 0.418. The van der Waals surface area contributed by atoms with Crippen LogP contribution in [0.25, 0.3) is 0 Å². The quantitative estimate of drug-likeness (QED) is 0.924. The molecule has 1 heterocycles. The van der Waals surface area contributed by atoms with Gasteiger partial charge in [0.2, 0.25) is 5.88 Å². The number of halogens is 2. The van der Waals surface area contributed by atoms with E-state index in [9.17, 15) is 0 Å². The fraction of sp³-hybridized carbons (Fsp3) is 0.167. The Hall–Kier alpha value is -1.33. The van der Waals surface area contributed by atoms with Gasteiger partial charge in [-0.2, -0.15) is 0 Å². The van der Waals surface area contributed by atoms with Gasteiger partial charge < -0.3 is 10.1 Å². The van der Waals surface area contributed by atoms with E-state index in [0.29, 0.717) is 26.9 Å². The van der Waals surface area contributed by atoms with Crippen molar-refractivity contribution >= 4 is 33.3 Å². The lowest BCUT2D eigenvalue weighted by molar-refractivity contribution is 0.458. The summed E-state index contributed by atoms with van der Waals surface area (Å²) >= 11 is 9.46. The second kappa shape index (κ2) is 5.54. The average Bonchev–Trinajstić information content (AvgIpc) is 2.36. The maximum absolute atomic E-state index is 6.07. The molecule has 0 aliphatic rings. The first-order chi connectivity index (χ1) is 8.61. The molecule has 1 aromatic heterocycles. The van der Waals surface area contributed by atoms with E-state index in [1.54, 1.807) is 13.1 Å². The van der Waals surface area contributed by atoms with Gasteiger partial charge in [0, 0.05) is 7.05 Å². The van der Waals surface area contributed by atoms with Crippen LogP contribution in [0.5, 0.6) is 11.6 Å². The van der Waals surface area contributed by atoms with Crippen LogP contribution in [0.2, 0.25) is 5.02 Å². The Morgan fingerprint density at radius 2 is 2.11 bits per heavy atom. The number of aromatic nitrogens is 2. The van der Waals surface area contributed by atoms with Crippen LogP contribution in [-0.2, 0) is 0 Å². The number of nitrogens with one attached hydrogen (secondary N) is 1. The summed E-state index contributed by atoms with van der Waals surface area (Å²) in [6.45, 7) is 1.97. The van der Waals surface area contributed by atoms with Gasteiger partial charge in [-0.3, -0.25) is 0 Å². The number of anilines is 1. The highest BCUT2D eigenvalue weighted by Gasteiger charge is 2.11. The molecule has 0 saturated heterocycles. The summed E-state index contributed by atoms with van der Waals surface area (Å²) in [6, 6.07) is 5.57. The molecular weight excluding hydrogens is 318 g/mol. The Labute approximate surface area is 118 Å². The number of aryl methyl sites for hydroxylation is 1. The molecule has 2 rings (SSSR count). The van der Waals surface area contributed by atoms with Gasteiger partial charge in [0.25, 0.3) is 0 Å². The molecule has 0 saturated carbocycles. The molecule has 0 radical (unpaired) electrons. The van der Waals surface area contributed by atoms with Gasteiger partial charge in [-0.05, 0) is 40.5 Å². The van der Waals surface area contributed by atoms with E-state index in [-0.39, 0.29) is 0 Å². The summed E-state index contributed by atoms with van der Waals surface area (Å²) < 4.78 is 6.35. The number of hydrogen-bond donors (Lipinski definition) is 1. The predicted octanol–water partition coefficient (Wildman–Crippen LogP) is 4.03. The third-order valence-corrected chi connectivity index (χ3v) is 3.31. The molecule has 4 nitrogen and oxygen atoms in total. The summed E-state index contributed by atoms with van der Waals surface area (Å²) in [5, 5.41) is 3.48. The minimum absolute atomic E-state index is 0.418. The van der Waals surface area contributed by atoms with Crippen molar-refractivity contribution in [3.8, 4) is 11.6 Å². The van der Waals surface area contributed by atoms with Gasteiger partial charge in [-0.15, -0.1) is 0 Å². The zero-order valence-electron chi connectivity index (χ0n) is 9.87. The first kappa shape index (κ1) is 13.1. The summed E-state index contributed by atoms with van der Waals surface area (Å²) in [4.78, 5) is 8.13.